The molecule has 1 saturated heterocycles. The monoisotopic (exact) mass is 432 g/mol. The van der Waals surface area contributed by atoms with Crippen LogP contribution in [0, 0.1) is 13.8 Å². The Bertz CT molecular complexity index is 1020. The quantitative estimate of drug-likeness (QED) is 0.477. The molecule has 0 aliphatic carbocycles. The number of hydrogen-bond donors (Lipinski definition) is 1. The first kappa shape index (κ1) is 21.8. The standard InChI is InChI=1S/C24H32N8/c1-4-25-23(30-13-15-31(16-14-30)24-26-11-8-12-27-24)28-17-22-19(2)29-32(20(22)3)18-21-9-6-5-7-10-21/h5-12H,4,13-18H2,1-3H3,(H,25,28). The maximum atomic E-state index is 4.98. The number of rotatable bonds is 6. The van der Waals surface area contributed by atoms with Gasteiger partial charge in [-0.15, -0.1) is 0 Å². The van der Waals surface area contributed by atoms with Crippen LogP contribution in [0.2, 0.25) is 0 Å². The predicted molar refractivity (Wildman–Crippen MR) is 128 cm³/mol. The molecule has 3 heterocycles. The fourth-order valence-corrected chi connectivity index (χ4v) is 4.03. The first-order chi connectivity index (χ1) is 15.7. The average Bonchev–Trinajstić information content (AvgIpc) is 3.10. The summed E-state index contributed by atoms with van der Waals surface area (Å²) in [6, 6.07) is 12.3. The number of anilines is 1. The summed E-state index contributed by atoms with van der Waals surface area (Å²) in [5.74, 6) is 1.75. The zero-order valence-corrected chi connectivity index (χ0v) is 19.2. The number of benzene rings is 1. The molecule has 2 aromatic heterocycles. The molecule has 1 aliphatic rings. The lowest BCUT2D eigenvalue weighted by Crippen LogP contribution is -2.53. The van der Waals surface area contributed by atoms with Crippen molar-refractivity contribution in [3.05, 3.63) is 71.3 Å². The third-order valence-corrected chi connectivity index (χ3v) is 5.84. The minimum absolute atomic E-state index is 0.622. The van der Waals surface area contributed by atoms with Crippen LogP contribution in [-0.4, -0.2) is 63.3 Å². The SMILES string of the molecule is CCNC(=NCc1c(C)nn(Cc2ccccc2)c1C)N1CCN(c2ncccn2)CC1. The van der Waals surface area contributed by atoms with Gasteiger partial charge < -0.3 is 15.1 Å². The summed E-state index contributed by atoms with van der Waals surface area (Å²) in [5.41, 5.74) is 4.68. The van der Waals surface area contributed by atoms with Crippen LogP contribution < -0.4 is 10.2 Å². The van der Waals surface area contributed by atoms with Crippen molar-refractivity contribution in [1.82, 2.24) is 30.0 Å². The van der Waals surface area contributed by atoms with Crippen molar-refractivity contribution in [2.75, 3.05) is 37.6 Å². The molecule has 0 unspecified atom stereocenters. The zero-order chi connectivity index (χ0) is 22.3. The molecule has 0 saturated carbocycles. The van der Waals surface area contributed by atoms with E-state index >= 15 is 0 Å². The van der Waals surface area contributed by atoms with E-state index in [4.69, 9.17) is 10.1 Å². The third kappa shape index (κ3) is 5.07. The highest BCUT2D eigenvalue weighted by Gasteiger charge is 2.21. The first-order valence-electron chi connectivity index (χ1n) is 11.3. The highest BCUT2D eigenvalue weighted by Crippen LogP contribution is 2.17. The number of piperazine rings is 1. The summed E-state index contributed by atoms with van der Waals surface area (Å²) in [6.45, 7) is 12.1. The number of nitrogens with one attached hydrogen (secondary N) is 1. The topological polar surface area (TPSA) is 74.5 Å². The molecular formula is C24H32N8. The van der Waals surface area contributed by atoms with E-state index in [9.17, 15) is 0 Å². The van der Waals surface area contributed by atoms with E-state index in [1.165, 1.54) is 16.8 Å². The lowest BCUT2D eigenvalue weighted by Gasteiger charge is -2.36. The number of aliphatic imine (C=N–C) groups is 1. The average molecular weight is 433 g/mol. The molecule has 4 rings (SSSR count). The Balaban J connectivity index is 1.43. The van der Waals surface area contributed by atoms with E-state index < -0.39 is 0 Å². The van der Waals surface area contributed by atoms with Crippen LogP contribution >= 0.6 is 0 Å². The van der Waals surface area contributed by atoms with Crippen LogP contribution in [0.25, 0.3) is 0 Å². The highest BCUT2D eigenvalue weighted by atomic mass is 15.4. The summed E-state index contributed by atoms with van der Waals surface area (Å²) in [6.07, 6.45) is 3.59. The number of aryl methyl sites for hydroxylation is 1. The Morgan fingerprint density at radius 2 is 1.72 bits per heavy atom. The fourth-order valence-electron chi connectivity index (χ4n) is 4.03. The molecule has 0 bridgehead atoms. The van der Waals surface area contributed by atoms with Crippen molar-refractivity contribution in [2.24, 2.45) is 4.99 Å². The normalized spacial score (nSPS) is 14.7. The molecule has 0 atom stereocenters. The molecule has 1 fully saturated rings. The maximum absolute atomic E-state index is 4.98. The van der Waals surface area contributed by atoms with Crippen LogP contribution in [0.15, 0.2) is 53.8 Å². The second-order valence-electron chi connectivity index (χ2n) is 7.99. The summed E-state index contributed by atoms with van der Waals surface area (Å²) < 4.78 is 2.08. The van der Waals surface area contributed by atoms with Gasteiger partial charge in [-0.3, -0.25) is 4.68 Å². The lowest BCUT2D eigenvalue weighted by molar-refractivity contribution is 0.370. The second kappa shape index (κ2) is 10.3. The van der Waals surface area contributed by atoms with Crippen molar-refractivity contribution >= 4 is 11.9 Å². The molecule has 1 aliphatic heterocycles. The van der Waals surface area contributed by atoms with Crippen LogP contribution in [-0.2, 0) is 13.1 Å². The van der Waals surface area contributed by atoms with Gasteiger partial charge in [-0.05, 0) is 32.4 Å². The number of guanidine groups is 1. The Morgan fingerprint density at radius 3 is 2.41 bits per heavy atom. The molecule has 1 N–H and O–H groups in total. The maximum Gasteiger partial charge on any atom is 0.225 e. The van der Waals surface area contributed by atoms with Crippen LogP contribution in [0.3, 0.4) is 0 Å². The molecule has 32 heavy (non-hydrogen) atoms. The predicted octanol–water partition coefficient (Wildman–Crippen LogP) is 2.63. The molecule has 0 spiro atoms. The first-order valence-corrected chi connectivity index (χ1v) is 11.3. The summed E-state index contributed by atoms with van der Waals surface area (Å²) >= 11 is 0. The lowest BCUT2D eigenvalue weighted by atomic mass is 10.2. The van der Waals surface area contributed by atoms with E-state index in [-0.39, 0.29) is 0 Å². The van der Waals surface area contributed by atoms with Crippen molar-refractivity contribution < 1.29 is 0 Å². The van der Waals surface area contributed by atoms with Gasteiger partial charge in [0, 0.05) is 56.4 Å². The van der Waals surface area contributed by atoms with Gasteiger partial charge in [0.25, 0.3) is 0 Å². The molecule has 8 nitrogen and oxygen atoms in total. The molecular weight excluding hydrogens is 400 g/mol. The molecule has 1 aromatic carbocycles. The third-order valence-electron chi connectivity index (χ3n) is 5.84. The molecule has 0 amide bonds. The Morgan fingerprint density at radius 1 is 1.00 bits per heavy atom. The van der Waals surface area contributed by atoms with E-state index in [0.717, 1.165) is 56.9 Å². The summed E-state index contributed by atoms with van der Waals surface area (Å²) in [7, 11) is 0. The fraction of sp³-hybridized carbons (Fsp3) is 0.417. The smallest absolute Gasteiger partial charge is 0.225 e. The number of hydrogen-bond acceptors (Lipinski definition) is 5. The van der Waals surface area contributed by atoms with Crippen LogP contribution in [0.5, 0.6) is 0 Å². The highest BCUT2D eigenvalue weighted by molar-refractivity contribution is 5.80. The van der Waals surface area contributed by atoms with E-state index in [1.54, 1.807) is 12.4 Å². The van der Waals surface area contributed by atoms with Gasteiger partial charge in [-0.1, -0.05) is 30.3 Å². The van der Waals surface area contributed by atoms with Gasteiger partial charge in [0.2, 0.25) is 5.95 Å². The molecule has 0 radical (unpaired) electrons. The minimum Gasteiger partial charge on any atom is -0.357 e. The van der Waals surface area contributed by atoms with Crippen molar-refractivity contribution in [2.45, 2.75) is 33.9 Å². The van der Waals surface area contributed by atoms with Gasteiger partial charge in [-0.2, -0.15) is 5.10 Å². The van der Waals surface area contributed by atoms with Gasteiger partial charge in [-0.25, -0.2) is 15.0 Å². The second-order valence-corrected chi connectivity index (χ2v) is 7.99. The van der Waals surface area contributed by atoms with Crippen molar-refractivity contribution in [1.29, 1.82) is 0 Å². The van der Waals surface area contributed by atoms with Crippen LogP contribution in [0.1, 0.15) is 29.4 Å². The summed E-state index contributed by atoms with van der Waals surface area (Å²) in [4.78, 5) is 18.3. The minimum atomic E-state index is 0.622. The van der Waals surface area contributed by atoms with Crippen molar-refractivity contribution in [3.8, 4) is 0 Å². The Hall–Kier alpha value is -3.42. The van der Waals surface area contributed by atoms with Crippen LogP contribution in [0.4, 0.5) is 5.95 Å². The van der Waals surface area contributed by atoms with Gasteiger partial charge >= 0.3 is 0 Å². The Kier molecular flexibility index (Phi) is 6.99. The number of aromatic nitrogens is 4. The van der Waals surface area contributed by atoms with Crippen molar-refractivity contribution in [3.63, 3.8) is 0 Å². The molecule has 168 valence electrons. The van der Waals surface area contributed by atoms with E-state index in [2.05, 4.69) is 74.8 Å². The molecule has 3 aromatic rings. The van der Waals surface area contributed by atoms with E-state index in [1.807, 2.05) is 12.1 Å². The largest absolute Gasteiger partial charge is 0.357 e. The molecule has 8 heteroatoms. The van der Waals surface area contributed by atoms with Gasteiger partial charge in [0.15, 0.2) is 5.96 Å². The zero-order valence-electron chi connectivity index (χ0n) is 19.2. The van der Waals surface area contributed by atoms with E-state index in [0.29, 0.717) is 6.54 Å². The van der Waals surface area contributed by atoms with Gasteiger partial charge in [0.1, 0.15) is 0 Å². The Labute approximate surface area is 190 Å². The number of nitrogens with zero attached hydrogens (tertiary/aromatic N) is 7. The van der Waals surface area contributed by atoms with Gasteiger partial charge in [0.05, 0.1) is 18.8 Å². The summed E-state index contributed by atoms with van der Waals surface area (Å²) in [5, 5.41) is 8.24.